The van der Waals surface area contributed by atoms with Crippen LogP contribution in [0.25, 0.3) is 16.8 Å². The van der Waals surface area contributed by atoms with Crippen LogP contribution in [0.15, 0.2) is 54.7 Å². The van der Waals surface area contributed by atoms with E-state index >= 15 is 4.39 Å². The number of carbonyl (C=O) groups excluding carboxylic acids is 1. The number of aromatic nitrogens is 3. The van der Waals surface area contributed by atoms with Crippen LogP contribution in [0.1, 0.15) is 40.9 Å². The third-order valence-corrected chi connectivity index (χ3v) is 5.45. The lowest BCUT2D eigenvalue weighted by atomic mass is 9.98. The molecule has 4 aromatic rings. The molecule has 2 aromatic carbocycles. The topological polar surface area (TPSA) is 106 Å². The molecule has 7 nitrogen and oxygen atoms in total. The molecule has 0 saturated carbocycles. The number of hydrogen-bond acceptors (Lipinski definition) is 5. The number of nitrogen functional groups attached to an aromatic ring is 1. The van der Waals surface area contributed by atoms with Crippen LogP contribution in [-0.4, -0.2) is 31.7 Å². The molecule has 0 unspecified atom stereocenters. The second-order valence-electron chi connectivity index (χ2n) is 7.98. The number of halogens is 2. The van der Waals surface area contributed by atoms with Gasteiger partial charge in [-0.05, 0) is 61.2 Å². The molecule has 4 N–H and O–H groups in total. The largest absolute Gasteiger partial charge is 0.388 e. The first kappa shape index (κ1) is 22.3. The van der Waals surface area contributed by atoms with Gasteiger partial charge in [0.2, 0.25) is 5.95 Å². The molecule has 2 atom stereocenters. The van der Waals surface area contributed by atoms with Crippen LogP contribution in [-0.2, 0) is 0 Å². The minimum Gasteiger partial charge on any atom is -0.388 e. The molecule has 33 heavy (non-hydrogen) atoms. The van der Waals surface area contributed by atoms with Crippen molar-refractivity contribution in [1.29, 1.82) is 0 Å². The lowest BCUT2D eigenvalue weighted by Crippen LogP contribution is -2.34. The second-order valence-corrected chi connectivity index (χ2v) is 7.98. The third kappa shape index (κ3) is 4.68. The molecular formula is C24H23F2N5O2. The molecule has 0 spiro atoms. The lowest BCUT2D eigenvalue weighted by molar-refractivity contribution is 0.0912. The highest BCUT2D eigenvalue weighted by atomic mass is 19.1. The van der Waals surface area contributed by atoms with E-state index in [2.05, 4.69) is 15.4 Å². The van der Waals surface area contributed by atoms with Crippen molar-refractivity contribution in [1.82, 2.24) is 19.9 Å². The van der Waals surface area contributed by atoms with E-state index in [0.29, 0.717) is 22.3 Å². The fourth-order valence-corrected chi connectivity index (χ4v) is 3.75. The van der Waals surface area contributed by atoms with E-state index in [-0.39, 0.29) is 23.5 Å². The predicted molar refractivity (Wildman–Crippen MR) is 120 cm³/mol. The number of benzene rings is 2. The van der Waals surface area contributed by atoms with Gasteiger partial charge >= 0.3 is 0 Å². The lowest BCUT2D eigenvalue weighted by Gasteiger charge is -2.19. The molecule has 2 aromatic heterocycles. The van der Waals surface area contributed by atoms with Crippen molar-refractivity contribution in [3.63, 3.8) is 0 Å². The van der Waals surface area contributed by atoms with Crippen molar-refractivity contribution < 1.29 is 18.7 Å². The van der Waals surface area contributed by atoms with Crippen molar-refractivity contribution in [2.45, 2.75) is 32.4 Å². The van der Waals surface area contributed by atoms with E-state index in [4.69, 9.17) is 5.73 Å². The highest BCUT2D eigenvalue weighted by Crippen LogP contribution is 2.28. The van der Waals surface area contributed by atoms with Crippen LogP contribution in [0, 0.1) is 18.6 Å². The van der Waals surface area contributed by atoms with Crippen molar-refractivity contribution in [2.24, 2.45) is 0 Å². The minimum absolute atomic E-state index is 0.0727. The van der Waals surface area contributed by atoms with E-state index in [1.165, 1.54) is 28.8 Å². The normalized spacial score (nSPS) is 13.1. The van der Waals surface area contributed by atoms with Gasteiger partial charge < -0.3 is 16.2 Å². The summed E-state index contributed by atoms with van der Waals surface area (Å²) < 4.78 is 30.0. The molecular weight excluding hydrogens is 428 g/mol. The second kappa shape index (κ2) is 8.95. The molecule has 4 rings (SSSR count). The quantitative estimate of drug-likeness (QED) is 0.414. The fraction of sp³-hybridized carbons (Fsp3) is 0.208. The van der Waals surface area contributed by atoms with Gasteiger partial charge in [-0.3, -0.25) is 4.79 Å². The van der Waals surface area contributed by atoms with Crippen molar-refractivity contribution in [3.05, 3.63) is 83.1 Å². The maximum Gasteiger partial charge on any atom is 0.254 e. The molecule has 0 bridgehead atoms. The van der Waals surface area contributed by atoms with Gasteiger partial charge in [-0.15, -0.1) is 5.10 Å². The molecule has 0 radical (unpaired) electrons. The van der Waals surface area contributed by atoms with Gasteiger partial charge in [0, 0.05) is 17.8 Å². The molecule has 1 amide bonds. The number of aliphatic hydroxyl groups is 1. The van der Waals surface area contributed by atoms with Crippen LogP contribution in [0.2, 0.25) is 0 Å². The van der Waals surface area contributed by atoms with Crippen LogP contribution in [0.3, 0.4) is 0 Å². The first-order valence-corrected chi connectivity index (χ1v) is 10.4. The minimum atomic E-state index is -0.902. The highest BCUT2D eigenvalue weighted by molar-refractivity contribution is 5.97. The summed E-state index contributed by atoms with van der Waals surface area (Å²) in [6.45, 7) is 3.37. The maximum atomic E-state index is 15.5. The van der Waals surface area contributed by atoms with Gasteiger partial charge in [0.25, 0.3) is 5.91 Å². The zero-order chi connectivity index (χ0) is 23.7. The predicted octanol–water partition coefficient (Wildman–Crippen LogP) is 3.81. The van der Waals surface area contributed by atoms with Gasteiger partial charge in [0.05, 0.1) is 11.7 Å². The number of fused-ring (bicyclic) bond motifs is 1. The number of amides is 1. The molecule has 0 aliphatic carbocycles. The maximum absolute atomic E-state index is 15.5. The average Bonchev–Trinajstić information content (AvgIpc) is 3.13. The average molecular weight is 451 g/mol. The Labute approximate surface area is 188 Å². The van der Waals surface area contributed by atoms with Crippen LogP contribution in [0.5, 0.6) is 0 Å². The first-order valence-electron chi connectivity index (χ1n) is 10.4. The number of aryl methyl sites for hydroxylation is 1. The number of carbonyl (C=O) groups is 1. The van der Waals surface area contributed by atoms with Crippen molar-refractivity contribution >= 4 is 17.5 Å². The number of nitrogens with zero attached hydrogens (tertiary/aromatic N) is 3. The number of anilines is 1. The summed E-state index contributed by atoms with van der Waals surface area (Å²) in [6.07, 6.45) is 0.898. The Morgan fingerprint density at radius 1 is 1.18 bits per heavy atom. The SMILES string of the molecule is Cc1ccc(-c2ccn3nc(N)nc3c2)c(F)c1C(=O)N[C@@H](C)C[C@@H](O)c1ccc(F)cc1. The highest BCUT2D eigenvalue weighted by Gasteiger charge is 2.22. The number of rotatable bonds is 6. The van der Waals surface area contributed by atoms with Gasteiger partial charge in [-0.1, -0.05) is 24.3 Å². The first-order chi connectivity index (χ1) is 15.7. The fourth-order valence-electron chi connectivity index (χ4n) is 3.75. The smallest absolute Gasteiger partial charge is 0.254 e. The van der Waals surface area contributed by atoms with Crippen molar-refractivity contribution in [2.75, 3.05) is 5.73 Å². The molecule has 0 aliphatic rings. The Hall–Kier alpha value is -3.85. The zero-order valence-corrected chi connectivity index (χ0v) is 18.1. The monoisotopic (exact) mass is 451 g/mol. The van der Waals surface area contributed by atoms with Crippen LogP contribution in [0.4, 0.5) is 14.7 Å². The summed E-state index contributed by atoms with van der Waals surface area (Å²) >= 11 is 0. The molecule has 0 saturated heterocycles. The number of nitrogens with one attached hydrogen (secondary N) is 1. The number of pyridine rings is 1. The molecule has 170 valence electrons. The van der Waals surface area contributed by atoms with E-state index in [1.54, 1.807) is 44.3 Å². The number of aliphatic hydroxyl groups excluding tert-OH is 1. The number of hydrogen-bond donors (Lipinski definition) is 3. The third-order valence-electron chi connectivity index (χ3n) is 5.45. The number of nitrogens with two attached hydrogens (primary N) is 1. The van der Waals surface area contributed by atoms with E-state index in [0.717, 1.165) is 0 Å². The Bertz CT molecular complexity index is 1320. The Balaban J connectivity index is 1.55. The molecule has 9 heteroatoms. The Morgan fingerprint density at radius 2 is 1.91 bits per heavy atom. The van der Waals surface area contributed by atoms with Gasteiger partial charge in [0.1, 0.15) is 11.6 Å². The summed E-state index contributed by atoms with van der Waals surface area (Å²) in [7, 11) is 0. The summed E-state index contributed by atoms with van der Waals surface area (Å²) in [5.74, 6) is -1.53. The Morgan fingerprint density at radius 3 is 2.64 bits per heavy atom. The van der Waals surface area contributed by atoms with Crippen molar-refractivity contribution in [3.8, 4) is 11.1 Å². The standard InChI is InChI=1S/C24H23F2N5O2/c1-13-3-8-18(16-9-10-31-20(12-16)29-24(27)30-31)22(26)21(13)23(33)28-14(2)11-19(32)15-4-6-17(25)7-5-15/h3-10,12,14,19,32H,11H2,1-2H3,(H2,27,30)(H,28,33)/t14-,19+/m0/s1. The Kier molecular flexibility index (Phi) is 6.06. The van der Waals surface area contributed by atoms with Gasteiger partial charge in [-0.25, -0.2) is 13.3 Å². The summed E-state index contributed by atoms with van der Waals surface area (Å²) in [5.41, 5.74) is 7.78. The molecule has 0 aliphatic heterocycles. The summed E-state index contributed by atoms with van der Waals surface area (Å²) in [4.78, 5) is 17.0. The van der Waals surface area contributed by atoms with Gasteiger partial charge in [0.15, 0.2) is 5.65 Å². The van der Waals surface area contributed by atoms with E-state index < -0.39 is 29.7 Å². The van der Waals surface area contributed by atoms with Crippen LogP contribution >= 0.6 is 0 Å². The molecule has 2 heterocycles. The molecule has 0 fully saturated rings. The zero-order valence-electron chi connectivity index (χ0n) is 18.1. The summed E-state index contributed by atoms with van der Waals surface area (Å²) in [5, 5.41) is 17.1. The van der Waals surface area contributed by atoms with E-state index in [9.17, 15) is 14.3 Å². The van der Waals surface area contributed by atoms with Gasteiger partial charge in [-0.2, -0.15) is 4.98 Å². The van der Waals surface area contributed by atoms with Crippen LogP contribution < -0.4 is 11.1 Å². The van der Waals surface area contributed by atoms with E-state index in [1.807, 2.05) is 0 Å². The summed E-state index contributed by atoms with van der Waals surface area (Å²) in [6, 6.07) is 11.6.